The SMILES string of the molecule is O=CN1CCN(Cc2c(C(F)(F)F)nc3ccc(F)cn3c2=O)C2(CCCC2)C1. The lowest BCUT2D eigenvalue weighted by Crippen LogP contribution is -2.60. The molecule has 1 aliphatic heterocycles. The Bertz CT molecular complexity index is 998. The molecule has 1 amide bonds. The van der Waals surface area contributed by atoms with Crippen LogP contribution in [0, 0.1) is 5.82 Å². The van der Waals surface area contributed by atoms with Gasteiger partial charge in [0.15, 0.2) is 5.69 Å². The fraction of sp³-hybridized carbons (Fsp3) is 0.526. The number of alkyl halides is 3. The van der Waals surface area contributed by atoms with E-state index in [4.69, 9.17) is 0 Å². The van der Waals surface area contributed by atoms with Crippen molar-refractivity contribution in [2.45, 2.75) is 43.9 Å². The Balaban J connectivity index is 1.81. The summed E-state index contributed by atoms with van der Waals surface area (Å²) in [5.41, 5.74) is -3.36. The van der Waals surface area contributed by atoms with E-state index in [1.54, 1.807) is 4.90 Å². The predicted molar refractivity (Wildman–Crippen MR) is 95.7 cm³/mol. The molecule has 2 aliphatic rings. The molecule has 1 saturated carbocycles. The van der Waals surface area contributed by atoms with Crippen molar-refractivity contribution in [3.63, 3.8) is 0 Å². The highest BCUT2D eigenvalue weighted by Crippen LogP contribution is 2.39. The van der Waals surface area contributed by atoms with Crippen LogP contribution in [-0.2, 0) is 17.5 Å². The molecule has 156 valence electrons. The zero-order chi connectivity index (χ0) is 20.8. The number of amides is 1. The molecular formula is C19H20F4N4O2. The molecule has 0 N–H and O–H groups in total. The van der Waals surface area contributed by atoms with Gasteiger partial charge in [0, 0.05) is 37.9 Å². The fourth-order valence-corrected chi connectivity index (χ4v) is 4.60. The number of rotatable bonds is 3. The predicted octanol–water partition coefficient (Wildman–Crippen LogP) is 2.44. The average Bonchev–Trinajstić information content (AvgIpc) is 3.13. The lowest BCUT2D eigenvalue weighted by molar-refractivity contribution is -0.142. The largest absolute Gasteiger partial charge is 0.433 e. The van der Waals surface area contributed by atoms with Crippen molar-refractivity contribution in [2.75, 3.05) is 19.6 Å². The highest BCUT2D eigenvalue weighted by Gasteiger charge is 2.45. The smallest absolute Gasteiger partial charge is 0.342 e. The number of carbonyl (C=O) groups excluding carboxylic acids is 1. The van der Waals surface area contributed by atoms with Crippen molar-refractivity contribution in [3.8, 4) is 0 Å². The highest BCUT2D eigenvalue weighted by molar-refractivity contribution is 5.48. The van der Waals surface area contributed by atoms with E-state index >= 15 is 0 Å². The van der Waals surface area contributed by atoms with Crippen LogP contribution in [0.15, 0.2) is 23.1 Å². The van der Waals surface area contributed by atoms with Crippen LogP contribution in [0.4, 0.5) is 17.6 Å². The molecule has 2 aromatic heterocycles. The molecule has 0 radical (unpaired) electrons. The normalized spacial score (nSPS) is 19.9. The summed E-state index contributed by atoms with van der Waals surface area (Å²) in [4.78, 5) is 31.3. The molecule has 3 heterocycles. The second-order valence-corrected chi connectivity index (χ2v) is 7.75. The summed E-state index contributed by atoms with van der Waals surface area (Å²) >= 11 is 0. The van der Waals surface area contributed by atoms with E-state index in [0.29, 0.717) is 19.6 Å². The molecule has 10 heteroatoms. The van der Waals surface area contributed by atoms with Crippen molar-refractivity contribution in [1.29, 1.82) is 0 Å². The Labute approximate surface area is 163 Å². The molecule has 0 bridgehead atoms. The van der Waals surface area contributed by atoms with Crippen molar-refractivity contribution >= 4 is 12.1 Å². The van der Waals surface area contributed by atoms with Crippen LogP contribution in [0.3, 0.4) is 0 Å². The minimum atomic E-state index is -4.81. The van der Waals surface area contributed by atoms with Gasteiger partial charge in [-0.1, -0.05) is 12.8 Å². The van der Waals surface area contributed by atoms with E-state index in [1.807, 2.05) is 4.90 Å². The van der Waals surface area contributed by atoms with Gasteiger partial charge in [-0.15, -0.1) is 0 Å². The maximum Gasteiger partial charge on any atom is 0.433 e. The molecular weight excluding hydrogens is 392 g/mol. The third kappa shape index (κ3) is 3.50. The van der Waals surface area contributed by atoms with Crippen molar-refractivity contribution < 1.29 is 22.4 Å². The van der Waals surface area contributed by atoms with Gasteiger partial charge in [-0.3, -0.25) is 18.9 Å². The summed E-state index contributed by atoms with van der Waals surface area (Å²) < 4.78 is 55.6. The van der Waals surface area contributed by atoms with E-state index in [9.17, 15) is 27.2 Å². The van der Waals surface area contributed by atoms with Crippen LogP contribution < -0.4 is 5.56 Å². The molecule has 0 aromatic carbocycles. The van der Waals surface area contributed by atoms with E-state index in [0.717, 1.165) is 54.8 Å². The van der Waals surface area contributed by atoms with Crippen LogP contribution in [0.25, 0.3) is 5.65 Å². The van der Waals surface area contributed by atoms with Gasteiger partial charge in [0.2, 0.25) is 6.41 Å². The van der Waals surface area contributed by atoms with Gasteiger partial charge < -0.3 is 4.90 Å². The van der Waals surface area contributed by atoms with Crippen molar-refractivity contribution in [2.24, 2.45) is 0 Å². The molecule has 0 atom stereocenters. The van der Waals surface area contributed by atoms with E-state index < -0.39 is 34.3 Å². The molecule has 1 spiro atoms. The first-order chi connectivity index (χ1) is 13.7. The molecule has 1 aliphatic carbocycles. The minimum Gasteiger partial charge on any atom is -0.342 e. The lowest BCUT2D eigenvalue weighted by Gasteiger charge is -2.48. The molecule has 2 aromatic rings. The quantitative estimate of drug-likeness (QED) is 0.574. The van der Waals surface area contributed by atoms with Crippen LogP contribution in [0.5, 0.6) is 0 Å². The molecule has 2 fully saturated rings. The Kier molecular flexibility index (Phi) is 4.84. The number of aromatic nitrogens is 2. The zero-order valence-corrected chi connectivity index (χ0v) is 15.6. The van der Waals surface area contributed by atoms with Crippen molar-refractivity contribution in [3.05, 3.63) is 45.8 Å². The number of nitrogens with zero attached hydrogens (tertiary/aromatic N) is 4. The molecule has 6 nitrogen and oxygen atoms in total. The van der Waals surface area contributed by atoms with Gasteiger partial charge in [0.1, 0.15) is 11.5 Å². The first kappa shape index (κ1) is 19.8. The van der Waals surface area contributed by atoms with Crippen LogP contribution in [0.2, 0.25) is 0 Å². The highest BCUT2D eigenvalue weighted by atomic mass is 19.4. The fourth-order valence-electron chi connectivity index (χ4n) is 4.60. The number of halogens is 4. The Morgan fingerprint density at radius 1 is 1.17 bits per heavy atom. The minimum absolute atomic E-state index is 0.243. The van der Waals surface area contributed by atoms with E-state index in [-0.39, 0.29) is 12.2 Å². The zero-order valence-electron chi connectivity index (χ0n) is 15.6. The molecule has 4 rings (SSSR count). The third-order valence-corrected chi connectivity index (χ3v) is 6.01. The number of pyridine rings is 1. The van der Waals surface area contributed by atoms with Crippen LogP contribution in [-0.4, -0.2) is 50.8 Å². The Morgan fingerprint density at radius 3 is 2.55 bits per heavy atom. The number of fused-ring (bicyclic) bond motifs is 1. The van der Waals surface area contributed by atoms with Crippen LogP contribution >= 0.6 is 0 Å². The Hall–Kier alpha value is -2.49. The van der Waals surface area contributed by atoms with Gasteiger partial charge in [-0.2, -0.15) is 13.2 Å². The first-order valence-corrected chi connectivity index (χ1v) is 9.46. The van der Waals surface area contributed by atoms with Gasteiger partial charge in [-0.25, -0.2) is 9.37 Å². The number of carbonyl (C=O) groups is 1. The molecule has 29 heavy (non-hydrogen) atoms. The number of hydrogen-bond donors (Lipinski definition) is 0. The van der Waals surface area contributed by atoms with Crippen molar-refractivity contribution in [1.82, 2.24) is 19.2 Å². The summed E-state index contributed by atoms with van der Waals surface area (Å²) in [5.74, 6) is -0.737. The summed E-state index contributed by atoms with van der Waals surface area (Å²) in [5, 5.41) is 0. The third-order valence-electron chi connectivity index (χ3n) is 6.01. The number of piperazine rings is 1. The Morgan fingerprint density at radius 2 is 1.90 bits per heavy atom. The summed E-state index contributed by atoms with van der Waals surface area (Å²) in [7, 11) is 0. The first-order valence-electron chi connectivity index (χ1n) is 9.46. The topological polar surface area (TPSA) is 57.9 Å². The van der Waals surface area contributed by atoms with Gasteiger partial charge >= 0.3 is 6.18 Å². The second-order valence-electron chi connectivity index (χ2n) is 7.75. The standard InChI is InChI=1S/C19H20F4N4O2/c20-13-3-4-15-24-16(19(21,22)23)14(17(29)27(15)9-13)10-26-8-7-25(12-28)11-18(26)5-1-2-6-18/h3-4,9,12H,1-2,5-8,10-11H2. The molecule has 0 unspecified atom stereocenters. The maximum absolute atomic E-state index is 13.7. The van der Waals surface area contributed by atoms with E-state index in [2.05, 4.69) is 4.98 Å². The lowest BCUT2D eigenvalue weighted by atomic mass is 9.91. The number of hydrogen-bond acceptors (Lipinski definition) is 4. The summed E-state index contributed by atoms with van der Waals surface area (Å²) in [6.07, 6.45) is 0.110. The summed E-state index contributed by atoms with van der Waals surface area (Å²) in [6, 6.07) is 2.02. The van der Waals surface area contributed by atoms with E-state index in [1.165, 1.54) is 0 Å². The summed E-state index contributed by atoms with van der Waals surface area (Å²) in [6.45, 7) is 0.923. The van der Waals surface area contributed by atoms with Gasteiger partial charge in [0.25, 0.3) is 5.56 Å². The van der Waals surface area contributed by atoms with Crippen LogP contribution in [0.1, 0.15) is 36.9 Å². The van der Waals surface area contributed by atoms with Gasteiger partial charge in [0.05, 0.1) is 5.56 Å². The second kappa shape index (κ2) is 7.08. The monoisotopic (exact) mass is 412 g/mol. The maximum atomic E-state index is 13.7. The van der Waals surface area contributed by atoms with Gasteiger partial charge in [-0.05, 0) is 25.0 Å². The molecule has 1 saturated heterocycles. The average molecular weight is 412 g/mol.